The lowest BCUT2D eigenvalue weighted by atomic mass is 10.2. The molecular weight excluding hydrogens is 174 g/mol. The summed E-state index contributed by atoms with van der Waals surface area (Å²) >= 11 is 5.91. The normalized spacial score (nSPS) is 9.92. The predicted molar refractivity (Wildman–Crippen MR) is 52.0 cm³/mol. The minimum absolute atomic E-state index is 0.273. The predicted octanol–water partition coefficient (Wildman–Crippen LogP) is 2.79. The van der Waals surface area contributed by atoms with E-state index in [0.717, 1.165) is 17.8 Å². The summed E-state index contributed by atoms with van der Waals surface area (Å²) < 4.78 is 0. The minimum atomic E-state index is 0.273. The first kappa shape index (κ1) is 9.20. The minimum Gasteiger partial charge on any atom is -0.508 e. The van der Waals surface area contributed by atoms with E-state index < -0.39 is 0 Å². The molecule has 0 bridgehead atoms. The Kier molecular flexibility index (Phi) is 2.82. The second kappa shape index (κ2) is 3.68. The Balaban J connectivity index is 3.05. The monoisotopic (exact) mass is 185 g/mol. The smallest absolute Gasteiger partial charge is 0.120 e. The molecule has 0 atom stereocenters. The van der Waals surface area contributed by atoms with E-state index in [2.05, 4.69) is 5.32 Å². The quantitative estimate of drug-likeness (QED) is 0.743. The number of hydrogen-bond donors (Lipinski definition) is 2. The first-order chi connectivity index (χ1) is 5.65. The maximum absolute atomic E-state index is 9.35. The van der Waals surface area contributed by atoms with Crippen molar-refractivity contribution >= 4 is 17.3 Å². The summed E-state index contributed by atoms with van der Waals surface area (Å²) in [4.78, 5) is 0. The van der Waals surface area contributed by atoms with Crippen LogP contribution in [0.1, 0.15) is 12.5 Å². The third-order valence-electron chi connectivity index (χ3n) is 1.65. The summed E-state index contributed by atoms with van der Waals surface area (Å²) in [7, 11) is 0. The molecule has 0 aromatic heterocycles. The van der Waals surface area contributed by atoms with E-state index in [0.29, 0.717) is 5.02 Å². The number of phenolic OH excluding ortho intramolecular Hbond substituents is 1. The van der Waals surface area contributed by atoms with Crippen molar-refractivity contribution in [2.45, 2.75) is 13.8 Å². The lowest BCUT2D eigenvalue weighted by Crippen LogP contribution is -1.97. The molecule has 0 spiro atoms. The summed E-state index contributed by atoms with van der Waals surface area (Å²) in [5.41, 5.74) is 1.57. The molecule has 0 aliphatic heterocycles. The van der Waals surface area contributed by atoms with Gasteiger partial charge in [-0.1, -0.05) is 11.6 Å². The van der Waals surface area contributed by atoms with Crippen LogP contribution in [0, 0.1) is 6.92 Å². The zero-order valence-corrected chi connectivity index (χ0v) is 7.94. The van der Waals surface area contributed by atoms with Gasteiger partial charge in [0, 0.05) is 12.6 Å². The van der Waals surface area contributed by atoms with Gasteiger partial charge in [0.2, 0.25) is 0 Å². The first-order valence-corrected chi connectivity index (χ1v) is 4.26. The van der Waals surface area contributed by atoms with E-state index in [1.54, 1.807) is 12.1 Å². The van der Waals surface area contributed by atoms with Gasteiger partial charge in [-0.15, -0.1) is 0 Å². The van der Waals surface area contributed by atoms with E-state index in [1.165, 1.54) is 0 Å². The third kappa shape index (κ3) is 1.83. The van der Waals surface area contributed by atoms with Gasteiger partial charge >= 0.3 is 0 Å². The molecule has 12 heavy (non-hydrogen) atoms. The molecular formula is C9H12ClNO. The van der Waals surface area contributed by atoms with E-state index in [4.69, 9.17) is 11.6 Å². The molecule has 0 fully saturated rings. The van der Waals surface area contributed by atoms with Crippen molar-refractivity contribution in [3.05, 3.63) is 22.7 Å². The number of halogens is 1. The van der Waals surface area contributed by atoms with Crippen molar-refractivity contribution in [1.82, 2.24) is 0 Å². The fourth-order valence-electron chi connectivity index (χ4n) is 0.987. The number of nitrogens with one attached hydrogen (secondary N) is 1. The first-order valence-electron chi connectivity index (χ1n) is 3.88. The number of aryl methyl sites for hydroxylation is 1. The van der Waals surface area contributed by atoms with Gasteiger partial charge in [0.05, 0.1) is 10.7 Å². The molecule has 0 radical (unpaired) electrons. The molecule has 2 N–H and O–H groups in total. The Morgan fingerprint density at radius 3 is 2.75 bits per heavy atom. The molecule has 0 aliphatic carbocycles. The summed E-state index contributed by atoms with van der Waals surface area (Å²) in [6.45, 7) is 4.59. The molecule has 0 heterocycles. The molecule has 1 aromatic rings. The molecule has 66 valence electrons. The fraction of sp³-hybridized carbons (Fsp3) is 0.333. The summed E-state index contributed by atoms with van der Waals surface area (Å²) in [6.07, 6.45) is 0. The SMILES string of the molecule is CCNc1cc(O)c(C)cc1Cl. The van der Waals surface area contributed by atoms with Crippen LogP contribution >= 0.6 is 11.6 Å². The average Bonchev–Trinajstić information content (AvgIpc) is 2.01. The molecule has 0 aliphatic rings. The second-order valence-electron chi connectivity index (χ2n) is 2.65. The van der Waals surface area contributed by atoms with Crippen LogP contribution in [-0.2, 0) is 0 Å². The van der Waals surface area contributed by atoms with E-state index in [9.17, 15) is 5.11 Å². The molecule has 0 saturated heterocycles. The summed E-state index contributed by atoms with van der Waals surface area (Å²) in [5.74, 6) is 0.273. The van der Waals surface area contributed by atoms with Crippen LogP contribution in [0.2, 0.25) is 5.02 Å². The van der Waals surface area contributed by atoms with Crippen molar-refractivity contribution in [3.8, 4) is 5.75 Å². The molecule has 0 amide bonds. The summed E-state index contributed by atoms with van der Waals surface area (Å²) in [6, 6.07) is 3.38. The van der Waals surface area contributed by atoms with Crippen LogP contribution in [0.25, 0.3) is 0 Å². The Morgan fingerprint density at radius 1 is 1.50 bits per heavy atom. The van der Waals surface area contributed by atoms with E-state index in [-0.39, 0.29) is 5.75 Å². The molecule has 3 heteroatoms. The van der Waals surface area contributed by atoms with Gasteiger partial charge in [-0.25, -0.2) is 0 Å². The maximum Gasteiger partial charge on any atom is 0.120 e. The number of phenols is 1. The number of benzene rings is 1. The topological polar surface area (TPSA) is 32.3 Å². The van der Waals surface area contributed by atoms with E-state index in [1.807, 2.05) is 13.8 Å². The highest BCUT2D eigenvalue weighted by Gasteiger charge is 2.02. The van der Waals surface area contributed by atoms with Crippen LogP contribution in [-0.4, -0.2) is 11.7 Å². The van der Waals surface area contributed by atoms with Crippen molar-refractivity contribution in [2.75, 3.05) is 11.9 Å². The van der Waals surface area contributed by atoms with Crippen molar-refractivity contribution in [1.29, 1.82) is 0 Å². The highest BCUT2D eigenvalue weighted by Crippen LogP contribution is 2.29. The lowest BCUT2D eigenvalue weighted by Gasteiger charge is -2.07. The number of rotatable bonds is 2. The zero-order valence-electron chi connectivity index (χ0n) is 7.19. The van der Waals surface area contributed by atoms with Gasteiger partial charge in [0.1, 0.15) is 5.75 Å². The highest BCUT2D eigenvalue weighted by molar-refractivity contribution is 6.33. The van der Waals surface area contributed by atoms with Crippen molar-refractivity contribution in [3.63, 3.8) is 0 Å². The third-order valence-corrected chi connectivity index (χ3v) is 1.97. The Bertz CT molecular complexity index is 286. The van der Waals surface area contributed by atoms with Crippen LogP contribution in [0.4, 0.5) is 5.69 Å². The molecule has 1 aromatic carbocycles. The van der Waals surface area contributed by atoms with Crippen LogP contribution < -0.4 is 5.32 Å². The van der Waals surface area contributed by atoms with Gasteiger partial charge < -0.3 is 10.4 Å². The molecule has 0 unspecified atom stereocenters. The van der Waals surface area contributed by atoms with E-state index >= 15 is 0 Å². The van der Waals surface area contributed by atoms with Gasteiger partial charge in [-0.05, 0) is 25.5 Å². The Morgan fingerprint density at radius 2 is 2.17 bits per heavy atom. The Hall–Kier alpha value is -0.890. The second-order valence-corrected chi connectivity index (χ2v) is 3.06. The standard InChI is InChI=1S/C9H12ClNO/c1-3-11-8-5-9(12)6(2)4-7(8)10/h4-5,11-12H,3H2,1-2H3. The number of anilines is 1. The molecule has 1 rings (SSSR count). The van der Waals surface area contributed by atoms with Crippen LogP contribution in [0.5, 0.6) is 5.75 Å². The van der Waals surface area contributed by atoms with Gasteiger partial charge in [0.15, 0.2) is 0 Å². The zero-order chi connectivity index (χ0) is 9.14. The molecule has 2 nitrogen and oxygen atoms in total. The van der Waals surface area contributed by atoms with Gasteiger partial charge in [-0.3, -0.25) is 0 Å². The van der Waals surface area contributed by atoms with Crippen molar-refractivity contribution in [2.24, 2.45) is 0 Å². The maximum atomic E-state index is 9.35. The summed E-state index contributed by atoms with van der Waals surface area (Å²) in [5, 5.41) is 13.0. The van der Waals surface area contributed by atoms with Crippen molar-refractivity contribution < 1.29 is 5.11 Å². The van der Waals surface area contributed by atoms with Crippen LogP contribution in [0.3, 0.4) is 0 Å². The molecule has 0 saturated carbocycles. The fourth-order valence-corrected chi connectivity index (χ4v) is 1.27. The number of hydrogen-bond acceptors (Lipinski definition) is 2. The Labute approximate surface area is 77.2 Å². The van der Waals surface area contributed by atoms with Gasteiger partial charge in [0.25, 0.3) is 0 Å². The average molecular weight is 186 g/mol. The highest BCUT2D eigenvalue weighted by atomic mass is 35.5. The lowest BCUT2D eigenvalue weighted by molar-refractivity contribution is 0.471. The number of aromatic hydroxyl groups is 1. The van der Waals surface area contributed by atoms with Crippen LogP contribution in [0.15, 0.2) is 12.1 Å². The largest absolute Gasteiger partial charge is 0.508 e. The van der Waals surface area contributed by atoms with Gasteiger partial charge in [-0.2, -0.15) is 0 Å².